The van der Waals surface area contributed by atoms with Gasteiger partial charge in [0.25, 0.3) is 0 Å². The molecule has 0 fully saturated rings. The molecule has 1 unspecified atom stereocenters. The van der Waals surface area contributed by atoms with E-state index < -0.39 is 4.92 Å². The molecule has 130 valence electrons. The lowest BCUT2D eigenvalue weighted by Crippen LogP contribution is -2.32. The van der Waals surface area contributed by atoms with E-state index in [1.807, 2.05) is 6.92 Å². The minimum absolute atomic E-state index is 0. The largest absolute Gasteiger partial charge is 0.490 e. The Balaban J connectivity index is 0.00000484. The van der Waals surface area contributed by atoms with Gasteiger partial charge in [-0.15, -0.1) is 24.2 Å². The van der Waals surface area contributed by atoms with Crippen LogP contribution in [-0.2, 0) is 10.5 Å². The zero-order chi connectivity index (χ0) is 16.5. The van der Waals surface area contributed by atoms with Gasteiger partial charge in [0.15, 0.2) is 5.75 Å². The number of ether oxygens (including phenoxy) is 1. The molecule has 1 amide bonds. The van der Waals surface area contributed by atoms with E-state index in [4.69, 9.17) is 10.5 Å². The van der Waals surface area contributed by atoms with E-state index in [0.717, 1.165) is 5.56 Å². The topological polar surface area (TPSA) is 107 Å². The van der Waals surface area contributed by atoms with Crippen molar-refractivity contribution in [1.82, 2.24) is 5.32 Å². The van der Waals surface area contributed by atoms with Crippen LogP contribution in [0.25, 0.3) is 0 Å². The predicted octanol–water partition coefficient (Wildman–Crippen LogP) is 1.97. The third-order valence-corrected chi connectivity index (χ3v) is 4.00. The minimum Gasteiger partial charge on any atom is -0.490 e. The average Bonchev–Trinajstić information content (AvgIpc) is 2.52. The number of hydrogen-bond acceptors (Lipinski definition) is 6. The molecule has 0 aliphatic rings. The van der Waals surface area contributed by atoms with Gasteiger partial charge in [0.1, 0.15) is 0 Å². The van der Waals surface area contributed by atoms with Crippen molar-refractivity contribution < 1.29 is 14.5 Å². The number of rotatable bonds is 9. The molecule has 1 aromatic carbocycles. The van der Waals surface area contributed by atoms with Crippen LogP contribution in [0.4, 0.5) is 5.69 Å². The highest BCUT2D eigenvalue weighted by atomic mass is 35.5. The fourth-order valence-corrected chi connectivity index (χ4v) is 2.46. The predicted molar refractivity (Wildman–Crippen MR) is 94.3 cm³/mol. The third kappa shape index (κ3) is 7.54. The molecular weight excluding hydrogens is 342 g/mol. The number of nitrogens with one attached hydrogen (secondary N) is 1. The monoisotopic (exact) mass is 363 g/mol. The number of carbonyl (C=O) groups is 1. The molecular formula is C14H22ClN3O4S. The standard InChI is InChI=1S/C14H21N3O4S.ClH/c1-10(6-15)7-16-14(18)9-22-8-11-3-4-13(21-2)12(5-11)17(19)20;/h3-5,10H,6-9,15H2,1-2H3,(H,16,18);1H. The fourth-order valence-electron chi connectivity index (χ4n) is 1.65. The molecule has 0 heterocycles. The number of hydrogen-bond donors (Lipinski definition) is 2. The molecule has 0 aliphatic heterocycles. The van der Waals surface area contributed by atoms with Crippen molar-refractivity contribution in [2.24, 2.45) is 11.7 Å². The molecule has 0 spiro atoms. The number of nitrogens with zero attached hydrogens (tertiary/aromatic N) is 1. The summed E-state index contributed by atoms with van der Waals surface area (Å²) in [5, 5.41) is 13.7. The van der Waals surface area contributed by atoms with Gasteiger partial charge in [-0.3, -0.25) is 14.9 Å². The van der Waals surface area contributed by atoms with Gasteiger partial charge in [-0.25, -0.2) is 0 Å². The summed E-state index contributed by atoms with van der Waals surface area (Å²) in [5.74, 6) is 1.24. The highest BCUT2D eigenvalue weighted by molar-refractivity contribution is 7.99. The molecule has 0 radical (unpaired) electrons. The van der Waals surface area contributed by atoms with Crippen molar-refractivity contribution in [2.45, 2.75) is 12.7 Å². The molecule has 23 heavy (non-hydrogen) atoms. The Labute approximate surface area is 145 Å². The first-order valence-corrected chi connectivity index (χ1v) is 7.99. The van der Waals surface area contributed by atoms with Crippen LogP contribution >= 0.6 is 24.2 Å². The van der Waals surface area contributed by atoms with Crippen LogP contribution in [0.15, 0.2) is 18.2 Å². The summed E-state index contributed by atoms with van der Waals surface area (Å²) in [7, 11) is 1.39. The molecule has 1 rings (SSSR count). The molecule has 1 aromatic rings. The van der Waals surface area contributed by atoms with Crippen LogP contribution in [0.3, 0.4) is 0 Å². The normalized spacial score (nSPS) is 11.3. The Morgan fingerprint density at radius 1 is 1.52 bits per heavy atom. The van der Waals surface area contributed by atoms with Crippen molar-refractivity contribution in [3.8, 4) is 5.75 Å². The number of nitrogens with two attached hydrogens (primary N) is 1. The third-order valence-electron chi connectivity index (χ3n) is 2.99. The smallest absolute Gasteiger partial charge is 0.311 e. The van der Waals surface area contributed by atoms with Crippen LogP contribution < -0.4 is 15.8 Å². The van der Waals surface area contributed by atoms with Gasteiger partial charge in [0.2, 0.25) is 5.91 Å². The Kier molecular flexibility index (Phi) is 10.4. The van der Waals surface area contributed by atoms with Gasteiger partial charge in [-0.05, 0) is 24.1 Å². The lowest BCUT2D eigenvalue weighted by molar-refractivity contribution is -0.385. The van der Waals surface area contributed by atoms with Gasteiger partial charge < -0.3 is 15.8 Å². The summed E-state index contributed by atoms with van der Waals surface area (Å²) in [6.45, 7) is 3.05. The number of nitro benzene ring substituents is 1. The first kappa shape index (κ1) is 21.5. The van der Waals surface area contributed by atoms with Crippen LogP contribution in [0.1, 0.15) is 12.5 Å². The number of thioether (sulfide) groups is 1. The molecule has 3 N–H and O–H groups in total. The second-order valence-electron chi connectivity index (χ2n) is 4.90. The first-order valence-electron chi connectivity index (χ1n) is 6.83. The number of benzene rings is 1. The van der Waals surface area contributed by atoms with Crippen molar-refractivity contribution in [2.75, 3.05) is 26.0 Å². The molecule has 0 saturated heterocycles. The molecule has 0 saturated carbocycles. The lowest BCUT2D eigenvalue weighted by atomic mass is 10.2. The van der Waals surface area contributed by atoms with Crippen LogP contribution in [0.2, 0.25) is 0 Å². The van der Waals surface area contributed by atoms with Crippen LogP contribution in [0.5, 0.6) is 5.75 Å². The van der Waals surface area contributed by atoms with Gasteiger partial charge in [-0.2, -0.15) is 0 Å². The summed E-state index contributed by atoms with van der Waals surface area (Å²) < 4.78 is 4.95. The molecule has 7 nitrogen and oxygen atoms in total. The SMILES string of the molecule is COc1ccc(CSCC(=O)NCC(C)CN)cc1[N+](=O)[O-].Cl. The van der Waals surface area contributed by atoms with Gasteiger partial charge in [-0.1, -0.05) is 13.0 Å². The van der Waals surface area contributed by atoms with E-state index in [2.05, 4.69) is 5.32 Å². The molecule has 9 heteroatoms. The Hall–Kier alpha value is -1.51. The van der Waals surface area contributed by atoms with Crippen molar-refractivity contribution in [1.29, 1.82) is 0 Å². The van der Waals surface area contributed by atoms with E-state index in [-0.39, 0.29) is 35.7 Å². The van der Waals surface area contributed by atoms with Crippen LogP contribution in [0, 0.1) is 16.0 Å². The quantitative estimate of drug-likeness (QED) is 0.513. The van der Waals surface area contributed by atoms with Crippen molar-refractivity contribution >= 4 is 35.8 Å². The maximum Gasteiger partial charge on any atom is 0.311 e. The van der Waals surface area contributed by atoms with E-state index >= 15 is 0 Å². The van der Waals surface area contributed by atoms with Gasteiger partial charge in [0.05, 0.1) is 17.8 Å². The van der Waals surface area contributed by atoms with E-state index in [9.17, 15) is 14.9 Å². The van der Waals surface area contributed by atoms with E-state index in [1.165, 1.54) is 24.9 Å². The van der Waals surface area contributed by atoms with E-state index in [0.29, 0.717) is 24.6 Å². The van der Waals surface area contributed by atoms with E-state index in [1.54, 1.807) is 12.1 Å². The Bertz CT molecular complexity index is 531. The fraction of sp³-hybridized carbons (Fsp3) is 0.500. The maximum atomic E-state index is 11.6. The second kappa shape index (κ2) is 11.1. The molecule has 1 atom stereocenters. The Morgan fingerprint density at radius 3 is 2.78 bits per heavy atom. The first-order chi connectivity index (χ1) is 10.5. The van der Waals surface area contributed by atoms with Crippen molar-refractivity contribution in [3.63, 3.8) is 0 Å². The summed E-state index contributed by atoms with van der Waals surface area (Å²) in [6.07, 6.45) is 0. The molecule has 0 aliphatic carbocycles. The number of amides is 1. The van der Waals surface area contributed by atoms with Crippen molar-refractivity contribution in [3.05, 3.63) is 33.9 Å². The number of methoxy groups -OCH3 is 1. The maximum absolute atomic E-state index is 11.6. The highest BCUT2D eigenvalue weighted by Gasteiger charge is 2.15. The number of carbonyl (C=O) groups excluding carboxylic acids is 1. The average molecular weight is 364 g/mol. The molecule has 0 bridgehead atoms. The zero-order valence-electron chi connectivity index (χ0n) is 13.1. The second-order valence-corrected chi connectivity index (χ2v) is 5.89. The van der Waals surface area contributed by atoms with Crippen LogP contribution in [-0.4, -0.2) is 36.8 Å². The lowest BCUT2D eigenvalue weighted by Gasteiger charge is -2.10. The summed E-state index contributed by atoms with van der Waals surface area (Å²) in [5.41, 5.74) is 6.19. The summed E-state index contributed by atoms with van der Waals surface area (Å²) >= 11 is 1.40. The Morgan fingerprint density at radius 2 is 2.22 bits per heavy atom. The number of nitro groups is 1. The van der Waals surface area contributed by atoms with Gasteiger partial charge in [0, 0.05) is 18.4 Å². The van der Waals surface area contributed by atoms with Gasteiger partial charge >= 0.3 is 5.69 Å². The highest BCUT2D eigenvalue weighted by Crippen LogP contribution is 2.28. The summed E-state index contributed by atoms with van der Waals surface area (Å²) in [6, 6.07) is 4.80. The number of halogens is 1. The molecule has 0 aromatic heterocycles. The summed E-state index contributed by atoms with van der Waals surface area (Å²) in [4.78, 5) is 22.1. The minimum atomic E-state index is -0.478. The zero-order valence-corrected chi connectivity index (χ0v) is 14.7.